The number of benzene rings is 1. The van der Waals surface area contributed by atoms with Crippen LogP contribution in [0.1, 0.15) is 28.9 Å². The number of amides is 1. The van der Waals surface area contributed by atoms with Crippen LogP contribution in [0.5, 0.6) is 0 Å². The van der Waals surface area contributed by atoms with Gasteiger partial charge in [-0.15, -0.1) is 0 Å². The average molecular weight is 496 g/mol. The van der Waals surface area contributed by atoms with Gasteiger partial charge in [0.25, 0.3) is 5.91 Å². The monoisotopic (exact) mass is 495 g/mol. The summed E-state index contributed by atoms with van der Waals surface area (Å²) >= 11 is 0. The highest BCUT2D eigenvalue weighted by Crippen LogP contribution is 2.23. The highest BCUT2D eigenvalue weighted by Gasteiger charge is 2.16. The van der Waals surface area contributed by atoms with E-state index in [1.54, 1.807) is 48.3 Å². The van der Waals surface area contributed by atoms with Gasteiger partial charge >= 0.3 is 5.97 Å². The first-order valence-electron chi connectivity index (χ1n) is 11.2. The van der Waals surface area contributed by atoms with E-state index in [-0.39, 0.29) is 37.8 Å². The summed E-state index contributed by atoms with van der Waals surface area (Å²) in [4.78, 5) is 29.2. The second-order valence-corrected chi connectivity index (χ2v) is 8.11. The Morgan fingerprint density at radius 2 is 2.03 bits per heavy atom. The van der Waals surface area contributed by atoms with Crippen LogP contribution >= 0.6 is 0 Å². The van der Waals surface area contributed by atoms with E-state index in [0.717, 1.165) is 5.39 Å². The van der Waals surface area contributed by atoms with E-state index in [2.05, 4.69) is 20.1 Å². The number of aliphatic hydroxyl groups is 1. The van der Waals surface area contributed by atoms with Crippen molar-refractivity contribution in [2.75, 3.05) is 7.11 Å². The molecule has 3 aromatic heterocycles. The summed E-state index contributed by atoms with van der Waals surface area (Å²) in [7, 11) is 3.09. The Morgan fingerprint density at radius 3 is 2.81 bits per heavy atom. The minimum absolute atomic E-state index is 0.0189. The first-order valence-corrected chi connectivity index (χ1v) is 11.2. The number of methoxy groups -OCH3 is 1. The van der Waals surface area contributed by atoms with E-state index in [0.29, 0.717) is 28.2 Å². The van der Waals surface area contributed by atoms with E-state index < -0.39 is 12.3 Å². The number of esters is 1. The van der Waals surface area contributed by atoms with Gasteiger partial charge in [-0.1, -0.05) is 18.2 Å². The van der Waals surface area contributed by atoms with Crippen molar-refractivity contribution < 1.29 is 28.6 Å². The van der Waals surface area contributed by atoms with Gasteiger partial charge in [-0.3, -0.25) is 9.59 Å². The molecule has 0 spiro atoms. The van der Waals surface area contributed by atoms with Crippen LogP contribution in [-0.2, 0) is 34.6 Å². The van der Waals surface area contributed by atoms with Crippen molar-refractivity contribution in [1.29, 1.82) is 0 Å². The van der Waals surface area contributed by atoms with Crippen molar-refractivity contribution in [1.82, 2.24) is 24.6 Å². The van der Waals surface area contributed by atoms with Crippen molar-refractivity contribution in [3.05, 3.63) is 71.9 Å². The number of fused-ring (bicyclic) bond motifs is 1. The lowest BCUT2D eigenvalue weighted by atomic mass is 10.2. The Morgan fingerprint density at radius 1 is 1.22 bits per heavy atom. The van der Waals surface area contributed by atoms with E-state index in [4.69, 9.17) is 4.74 Å². The third-order valence-electron chi connectivity index (χ3n) is 5.66. The second-order valence-electron chi connectivity index (χ2n) is 8.11. The molecule has 36 heavy (non-hydrogen) atoms. The highest BCUT2D eigenvalue weighted by atomic mass is 19.1. The summed E-state index contributed by atoms with van der Waals surface area (Å²) in [6.45, 7) is -0.0108. The lowest BCUT2D eigenvalue weighted by Gasteiger charge is -2.08. The number of aliphatic hydroxyl groups excluding tert-OH is 1. The molecule has 0 fully saturated rings. The molecule has 188 valence electrons. The van der Waals surface area contributed by atoms with Gasteiger partial charge in [0.05, 0.1) is 18.3 Å². The smallest absolute Gasteiger partial charge is 0.307 e. The predicted molar refractivity (Wildman–Crippen MR) is 128 cm³/mol. The number of aryl methyl sites for hydroxylation is 1. The molecule has 0 saturated carbocycles. The van der Waals surface area contributed by atoms with Crippen LogP contribution in [0.2, 0.25) is 0 Å². The molecule has 0 saturated heterocycles. The van der Waals surface area contributed by atoms with Gasteiger partial charge in [0, 0.05) is 49.8 Å². The van der Waals surface area contributed by atoms with Crippen LogP contribution in [0, 0.1) is 5.82 Å². The minimum atomic E-state index is -1.01. The predicted octanol–water partition coefficient (Wildman–Crippen LogP) is 2.75. The van der Waals surface area contributed by atoms with Crippen LogP contribution in [0.3, 0.4) is 0 Å². The fourth-order valence-electron chi connectivity index (χ4n) is 3.62. The average Bonchev–Trinajstić information content (AvgIpc) is 3.49. The zero-order chi connectivity index (χ0) is 25.7. The number of nitrogens with zero attached hydrogens (tertiary/aromatic N) is 4. The number of pyridine rings is 1. The van der Waals surface area contributed by atoms with Gasteiger partial charge in [-0.2, -0.15) is 5.10 Å². The summed E-state index contributed by atoms with van der Waals surface area (Å²) in [6, 6.07) is 11.7. The summed E-state index contributed by atoms with van der Waals surface area (Å²) < 4.78 is 26.8. The summed E-state index contributed by atoms with van der Waals surface area (Å²) in [5.74, 6) is -1.19. The van der Waals surface area contributed by atoms with E-state index in [1.165, 1.54) is 17.9 Å². The summed E-state index contributed by atoms with van der Waals surface area (Å²) in [6.07, 6.45) is 2.44. The van der Waals surface area contributed by atoms with Crippen LogP contribution < -0.4 is 5.32 Å². The van der Waals surface area contributed by atoms with E-state index in [1.807, 2.05) is 12.1 Å². The first kappa shape index (κ1) is 25.0. The fourth-order valence-corrected chi connectivity index (χ4v) is 3.62. The van der Waals surface area contributed by atoms with Crippen molar-refractivity contribution in [3.8, 4) is 11.3 Å². The molecular weight excluding hydrogens is 469 g/mol. The van der Waals surface area contributed by atoms with Crippen molar-refractivity contribution in [3.63, 3.8) is 0 Å². The van der Waals surface area contributed by atoms with Crippen LogP contribution in [-0.4, -0.2) is 49.7 Å². The molecule has 1 aromatic carbocycles. The van der Waals surface area contributed by atoms with Crippen molar-refractivity contribution in [2.45, 2.75) is 32.4 Å². The molecule has 3 heterocycles. The molecule has 1 atom stereocenters. The molecule has 2 N–H and O–H groups in total. The Kier molecular flexibility index (Phi) is 7.71. The maximum absolute atomic E-state index is 13.8. The van der Waals surface area contributed by atoms with Gasteiger partial charge in [0.1, 0.15) is 17.2 Å². The SMILES string of the molecule is COC(O)CCC(=O)OCn1cc(-c2ccc3cc(C(=O)NCc4ccccc4F)n(C)c3n2)cn1. The first-order chi connectivity index (χ1) is 17.4. The molecule has 4 aromatic rings. The summed E-state index contributed by atoms with van der Waals surface area (Å²) in [5.41, 5.74) is 2.73. The number of rotatable bonds is 10. The molecule has 0 aliphatic rings. The number of hydrogen-bond donors (Lipinski definition) is 2. The van der Waals surface area contributed by atoms with Crippen LogP contribution in [0.4, 0.5) is 4.39 Å². The standard InChI is InChI=1S/C25H26FN5O5/c1-30-21(25(34)27-12-17-5-3-4-6-19(17)26)11-16-7-8-20(29-24(16)30)18-13-28-31(14-18)15-36-23(33)10-9-22(32)35-2/h3-8,11,13-14,22,32H,9-10,12,15H2,1-2H3,(H,27,34). The number of carbonyl (C=O) groups excluding carboxylic acids is 2. The molecular formula is C25H26FN5O5. The number of aromatic nitrogens is 4. The molecule has 0 aliphatic heterocycles. The third-order valence-corrected chi connectivity index (χ3v) is 5.66. The zero-order valence-electron chi connectivity index (χ0n) is 19.8. The Balaban J connectivity index is 1.42. The fraction of sp³-hybridized carbons (Fsp3) is 0.280. The van der Waals surface area contributed by atoms with Crippen molar-refractivity contribution in [2.24, 2.45) is 7.05 Å². The number of carbonyl (C=O) groups is 2. The maximum atomic E-state index is 13.8. The quantitative estimate of drug-likeness (QED) is 0.256. The number of nitrogens with one attached hydrogen (secondary N) is 1. The topological polar surface area (TPSA) is 120 Å². The molecule has 4 rings (SSSR count). The van der Waals surface area contributed by atoms with Gasteiger partial charge in [0.15, 0.2) is 13.0 Å². The molecule has 1 unspecified atom stereocenters. The lowest BCUT2D eigenvalue weighted by molar-refractivity contribution is -0.151. The van der Waals surface area contributed by atoms with Crippen LogP contribution in [0.25, 0.3) is 22.3 Å². The second kappa shape index (κ2) is 11.1. The number of hydrogen-bond acceptors (Lipinski definition) is 7. The number of halogens is 1. The Labute approximate surface area is 206 Å². The van der Waals surface area contributed by atoms with Gasteiger partial charge in [-0.25, -0.2) is 14.1 Å². The van der Waals surface area contributed by atoms with Crippen molar-refractivity contribution >= 4 is 22.9 Å². The molecule has 1 amide bonds. The molecule has 0 bridgehead atoms. The Hall–Kier alpha value is -4.09. The minimum Gasteiger partial charge on any atom is -0.442 e. The van der Waals surface area contributed by atoms with Gasteiger partial charge < -0.3 is 24.5 Å². The Bertz CT molecular complexity index is 1380. The van der Waals surface area contributed by atoms with E-state index >= 15 is 0 Å². The largest absolute Gasteiger partial charge is 0.442 e. The summed E-state index contributed by atoms with van der Waals surface area (Å²) in [5, 5.41) is 17.1. The molecule has 11 heteroatoms. The van der Waals surface area contributed by atoms with Crippen LogP contribution in [0.15, 0.2) is 54.9 Å². The van der Waals surface area contributed by atoms with Gasteiger partial charge in [-0.05, 0) is 24.3 Å². The lowest BCUT2D eigenvalue weighted by Crippen LogP contribution is -2.25. The zero-order valence-corrected chi connectivity index (χ0v) is 19.8. The number of ether oxygens (including phenoxy) is 2. The maximum Gasteiger partial charge on any atom is 0.307 e. The third kappa shape index (κ3) is 5.75. The van der Waals surface area contributed by atoms with Gasteiger partial charge in [0.2, 0.25) is 0 Å². The molecule has 0 aliphatic carbocycles. The normalized spacial score (nSPS) is 12.0. The molecule has 0 radical (unpaired) electrons. The molecule has 10 nitrogen and oxygen atoms in total. The van der Waals surface area contributed by atoms with E-state index in [9.17, 15) is 19.1 Å². The highest BCUT2D eigenvalue weighted by molar-refractivity contribution is 5.98.